The Kier molecular flexibility index (Phi) is 4.69. The molecule has 0 bridgehead atoms. The van der Waals surface area contributed by atoms with Crippen LogP contribution < -0.4 is 10.6 Å². The van der Waals surface area contributed by atoms with Crippen LogP contribution in [0, 0.1) is 6.92 Å². The molecule has 2 amide bonds. The predicted octanol–water partition coefficient (Wildman–Crippen LogP) is 2.40. The monoisotopic (exact) mass is 312 g/mol. The zero-order valence-corrected chi connectivity index (χ0v) is 12.4. The van der Waals surface area contributed by atoms with Crippen LogP contribution in [0.3, 0.4) is 0 Å². The molecule has 0 unspecified atom stereocenters. The van der Waals surface area contributed by atoms with Gasteiger partial charge in [0.2, 0.25) is 0 Å². The van der Waals surface area contributed by atoms with Crippen LogP contribution in [0.2, 0.25) is 5.02 Å². The number of rotatable bonds is 3. The summed E-state index contributed by atoms with van der Waals surface area (Å²) in [5.41, 5.74) is -0.0180. The largest absolute Gasteiger partial charge is 0.480 e. The van der Waals surface area contributed by atoms with Gasteiger partial charge < -0.3 is 20.5 Å². The molecule has 0 radical (unpaired) electrons. The van der Waals surface area contributed by atoms with Crippen LogP contribution in [0.5, 0.6) is 0 Å². The number of amides is 2. The summed E-state index contributed by atoms with van der Waals surface area (Å²) in [4.78, 5) is 23.6. The number of para-hydroxylation sites is 1. The number of aryl methyl sites for hydroxylation is 1. The summed E-state index contributed by atoms with van der Waals surface area (Å²) in [5, 5.41) is 15.0. The highest BCUT2D eigenvalue weighted by Crippen LogP contribution is 2.26. The van der Waals surface area contributed by atoms with Crippen molar-refractivity contribution >= 4 is 29.3 Å². The van der Waals surface area contributed by atoms with E-state index in [2.05, 4.69) is 10.6 Å². The molecule has 1 fully saturated rings. The van der Waals surface area contributed by atoms with Gasteiger partial charge in [-0.15, -0.1) is 0 Å². The minimum Gasteiger partial charge on any atom is -0.480 e. The lowest BCUT2D eigenvalue weighted by Crippen LogP contribution is -2.58. The molecular formula is C14H17ClN2O4. The summed E-state index contributed by atoms with van der Waals surface area (Å²) in [6.45, 7) is 2.41. The lowest BCUT2D eigenvalue weighted by Gasteiger charge is -2.33. The lowest BCUT2D eigenvalue weighted by atomic mass is 9.90. The summed E-state index contributed by atoms with van der Waals surface area (Å²) < 4.78 is 5.16. The maximum atomic E-state index is 12.1. The van der Waals surface area contributed by atoms with Gasteiger partial charge >= 0.3 is 12.0 Å². The van der Waals surface area contributed by atoms with Gasteiger partial charge in [-0.05, 0) is 18.6 Å². The molecule has 0 atom stereocenters. The molecule has 21 heavy (non-hydrogen) atoms. The van der Waals surface area contributed by atoms with Crippen molar-refractivity contribution in [3.05, 3.63) is 28.8 Å². The maximum Gasteiger partial charge on any atom is 0.329 e. The van der Waals surface area contributed by atoms with E-state index in [0.717, 1.165) is 5.56 Å². The van der Waals surface area contributed by atoms with Gasteiger partial charge in [0.15, 0.2) is 0 Å². The van der Waals surface area contributed by atoms with Gasteiger partial charge in [0, 0.05) is 26.1 Å². The Morgan fingerprint density at radius 2 is 2.00 bits per heavy atom. The number of ether oxygens (including phenoxy) is 1. The first kappa shape index (κ1) is 15.6. The Morgan fingerprint density at radius 1 is 1.33 bits per heavy atom. The normalized spacial score (nSPS) is 17.0. The highest BCUT2D eigenvalue weighted by Gasteiger charge is 2.41. The first-order valence-electron chi connectivity index (χ1n) is 6.60. The van der Waals surface area contributed by atoms with Gasteiger partial charge in [0.25, 0.3) is 0 Å². The fraction of sp³-hybridized carbons (Fsp3) is 0.429. The lowest BCUT2D eigenvalue weighted by molar-refractivity contribution is -0.148. The molecule has 1 heterocycles. The number of anilines is 1. The number of urea groups is 1. The van der Waals surface area contributed by atoms with E-state index in [1.807, 2.05) is 13.0 Å². The van der Waals surface area contributed by atoms with Crippen molar-refractivity contribution in [3.8, 4) is 0 Å². The van der Waals surface area contributed by atoms with Crippen LogP contribution in [0.15, 0.2) is 18.2 Å². The molecule has 0 spiro atoms. The summed E-state index contributed by atoms with van der Waals surface area (Å²) in [7, 11) is 0. The summed E-state index contributed by atoms with van der Waals surface area (Å²) in [5.74, 6) is -1.06. The molecular weight excluding hydrogens is 296 g/mol. The summed E-state index contributed by atoms with van der Waals surface area (Å²) in [6, 6.07) is 4.66. The second-order valence-corrected chi connectivity index (χ2v) is 5.42. The Hall–Kier alpha value is -1.79. The SMILES string of the molecule is Cc1cccc(Cl)c1NC(=O)NC1(C(=O)O)CCOCC1. The van der Waals surface area contributed by atoms with Crippen LogP contribution in [0.1, 0.15) is 18.4 Å². The minimum absolute atomic E-state index is 0.233. The van der Waals surface area contributed by atoms with Gasteiger partial charge in [0.05, 0.1) is 10.7 Å². The van der Waals surface area contributed by atoms with E-state index in [0.29, 0.717) is 23.9 Å². The van der Waals surface area contributed by atoms with Gasteiger partial charge in [-0.1, -0.05) is 23.7 Å². The highest BCUT2D eigenvalue weighted by molar-refractivity contribution is 6.33. The maximum absolute atomic E-state index is 12.1. The molecule has 0 saturated carbocycles. The molecule has 1 aliphatic rings. The summed E-state index contributed by atoms with van der Waals surface area (Å²) in [6.07, 6.45) is 0.467. The van der Waals surface area contributed by atoms with E-state index in [1.165, 1.54) is 0 Å². The van der Waals surface area contributed by atoms with Crippen molar-refractivity contribution < 1.29 is 19.4 Å². The molecule has 7 heteroatoms. The van der Waals surface area contributed by atoms with Crippen LogP contribution >= 0.6 is 11.6 Å². The second-order valence-electron chi connectivity index (χ2n) is 5.01. The van der Waals surface area contributed by atoms with Crippen LogP contribution in [-0.2, 0) is 9.53 Å². The van der Waals surface area contributed by atoms with E-state index < -0.39 is 17.5 Å². The fourth-order valence-electron chi connectivity index (χ4n) is 2.26. The molecule has 114 valence electrons. The topological polar surface area (TPSA) is 87.7 Å². The van der Waals surface area contributed by atoms with Gasteiger partial charge in [-0.3, -0.25) is 0 Å². The highest BCUT2D eigenvalue weighted by atomic mass is 35.5. The van der Waals surface area contributed by atoms with E-state index in [9.17, 15) is 14.7 Å². The first-order chi connectivity index (χ1) is 9.94. The molecule has 1 aromatic rings. The summed E-state index contributed by atoms with van der Waals surface area (Å²) >= 11 is 6.03. The van der Waals surface area contributed by atoms with Crippen molar-refractivity contribution in [3.63, 3.8) is 0 Å². The third kappa shape index (κ3) is 3.46. The second kappa shape index (κ2) is 6.32. The van der Waals surface area contributed by atoms with Crippen molar-refractivity contribution in [2.24, 2.45) is 0 Å². The number of carboxylic acids is 1. The van der Waals surface area contributed by atoms with Crippen LogP contribution in [-0.4, -0.2) is 35.9 Å². The molecule has 1 aliphatic heterocycles. The number of carboxylic acid groups (broad SMARTS) is 1. The molecule has 6 nitrogen and oxygen atoms in total. The third-order valence-electron chi connectivity index (χ3n) is 3.57. The Labute approximate surface area is 127 Å². The predicted molar refractivity (Wildman–Crippen MR) is 78.8 cm³/mol. The first-order valence-corrected chi connectivity index (χ1v) is 6.98. The number of hydrogen-bond acceptors (Lipinski definition) is 3. The van der Waals surface area contributed by atoms with E-state index in [4.69, 9.17) is 16.3 Å². The Morgan fingerprint density at radius 3 is 2.57 bits per heavy atom. The molecule has 1 aromatic carbocycles. The van der Waals surface area contributed by atoms with E-state index >= 15 is 0 Å². The van der Waals surface area contributed by atoms with E-state index in [1.54, 1.807) is 12.1 Å². The number of hydrogen-bond donors (Lipinski definition) is 3. The minimum atomic E-state index is -1.29. The van der Waals surface area contributed by atoms with Crippen molar-refractivity contribution in [2.45, 2.75) is 25.3 Å². The van der Waals surface area contributed by atoms with E-state index in [-0.39, 0.29) is 12.8 Å². The fourth-order valence-corrected chi connectivity index (χ4v) is 2.53. The average Bonchev–Trinajstić information content (AvgIpc) is 2.44. The number of nitrogens with one attached hydrogen (secondary N) is 2. The number of benzene rings is 1. The van der Waals surface area contributed by atoms with Crippen LogP contribution in [0.4, 0.5) is 10.5 Å². The van der Waals surface area contributed by atoms with Gasteiger partial charge in [0.1, 0.15) is 5.54 Å². The molecule has 0 aliphatic carbocycles. The zero-order chi connectivity index (χ0) is 15.5. The number of carbonyl (C=O) groups excluding carboxylic acids is 1. The van der Waals surface area contributed by atoms with Crippen molar-refractivity contribution in [2.75, 3.05) is 18.5 Å². The smallest absolute Gasteiger partial charge is 0.329 e. The molecule has 2 rings (SSSR count). The standard InChI is InChI=1S/C14H17ClN2O4/c1-9-3-2-4-10(15)11(9)16-13(20)17-14(12(18)19)5-7-21-8-6-14/h2-4H,5-8H2,1H3,(H,18,19)(H2,16,17,20). The van der Waals surface area contributed by atoms with Gasteiger partial charge in [-0.25, -0.2) is 9.59 Å². The number of halogens is 1. The molecule has 1 saturated heterocycles. The number of aliphatic carboxylic acids is 1. The molecule has 0 aromatic heterocycles. The zero-order valence-electron chi connectivity index (χ0n) is 11.6. The molecule has 3 N–H and O–H groups in total. The van der Waals surface area contributed by atoms with Crippen molar-refractivity contribution in [1.82, 2.24) is 5.32 Å². The van der Waals surface area contributed by atoms with Crippen LogP contribution in [0.25, 0.3) is 0 Å². The third-order valence-corrected chi connectivity index (χ3v) is 3.88. The Bertz CT molecular complexity index is 536. The van der Waals surface area contributed by atoms with Gasteiger partial charge in [-0.2, -0.15) is 0 Å². The van der Waals surface area contributed by atoms with Crippen molar-refractivity contribution in [1.29, 1.82) is 0 Å². The Balaban J connectivity index is 2.11. The number of carbonyl (C=O) groups is 2. The quantitative estimate of drug-likeness (QED) is 0.799. The average molecular weight is 313 g/mol.